The van der Waals surface area contributed by atoms with Gasteiger partial charge in [0.25, 0.3) is 0 Å². The molecule has 1 saturated heterocycles. The minimum absolute atomic E-state index is 0.436. The third-order valence-corrected chi connectivity index (χ3v) is 4.99. The van der Waals surface area contributed by atoms with Crippen LogP contribution in [0.2, 0.25) is 0 Å². The van der Waals surface area contributed by atoms with Crippen LogP contribution in [0.1, 0.15) is 39.5 Å². The van der Waals surface area contributed by atoms with Gasteiger partial charge in [-0.05, 0) is 33.1 Å². The topological polar surface area (TPSA) is 45.7 Å². The van der Waals surface area contributed by atoms with Gasteiger partial charge < -0.3 is 15.4 Å². The number of ether oxygens (including phenoxy) is 1. The van der Waals surface area contributed by atoms with E-state index < -0.39 is 0 Å². The van der Waals surface area contributed by atoms with Gasteiger partial charge in [-0.1, -0.05) is 6.42 Å². The van der Waals surface area contributed by atoms with Gasteiger partial charge in [-0.2, -0.15) is 0 Å². The molecule has 2 saturated carbocycles. The summed E-state index contributed by atoms with van der Waals surface area (Å²) in [5.74, 6) is 1.70. The maximum Gasteiger partial charge on any atom is 0.191 e. The summed E-state index contributed by atoms with van der Waals surface area (Å²) in [6.07, 6.45) is 5.78. The molecular weight excluding hydrogens is 226 g/mol. The molecule has 0 amide bonds. The predicted octanol–water partition coefficient (Wildman–Crippen LogP) is 1.52. The van der Waals surface area contributed by atoms with E-state index in [2.05, 4.69) is 29.5 Å². The summed E-state index contributed by atoms with van der Waals surface area (Å²) >= 11 is 0. The van der Waals surface area contributed by atoms with Crippen molar-refractivity contribution in [2.24, 2.45) is 16.3 Å². The smallest absolute Gasteiger partial charge is 0.191 e. The van der Waals surface area contributed by atoms with Crippen molar-refractivity contribution in [3.05, 3.63) is 0 Å². The van der Waals surface area contributed by atoms with Crippen LogP contribution in [0.5, 0.6) is 0 Å². The molecule has 18 heavy (non-hydrogen) atoms. The Morgan fingerprint density at radius 1 is 1.39 bits per heavy atom. The van der Waals surface area contributed by atoms with E-state index in [0.717, 1.165) is 25.7 Å². The number of nitrogens with zero attached hydrogens (tertiary/aromatic N) is 1. The van der Waals surface area contributed by atoms with Crippen molar-refractivity contribution in [1.29, 1.82) is 0 Å². The number of hydrogen-bond acceptors (Lipinski definition) is 2. The van der Waals surface area contributed by atoms with E-state index in [-0.39, 0.29) is 0 Å². The SMILES string of the molecule is CCN=C(NCC)NC1C2CCOC2C12CCC2. The van der Waals surface area contributed by atoms with Crippen LogP contribution in [0.15, 0.2) is 4.99 Å². The number of nitrogens with one attached hydrogen (secondary N) is 2. The molecule has 4 heteroatoms. The molecule has 1 spiro atoms. The maximum absolute atomic E-state index is 5.94. The maximum atomic E-state index is 5.94. The number of rotatable bonds is 3. The Labute approximate surface area is 110 Å². The lowest BCUT2D eigenvalue weighted by molar-refractivity contribution is -0.171. The second-order valence-corrected chi connectivity index (χ2v) is 5.81. The molecule has 0 aromatic rings. The van der Waals surface area contributed by atoms with Crippen LogP contribution in [0, 0.1) is 11.3 Å². The van der Waals surface area contributed by atoms with E-state index in [9.17, 15) is 0 Å². The predicted molar refractivity (Wildman–Crippen MR) is 72.7 cm³/mol. The van der Waals surface area contributed by atoms with Gasteiger partial charge in [0.15, 0.2) is 5.96 Å². The number of guanidine groups is 1. The second kappa shape index (κ2) is 4.72. The Morgan fingerprint density at radius 2 is 2.22 bits per heavy atom. The zero-order valence-electron chi connectivity index (χ0n) is 11.5. The van der Waals surface area contributed by atoms with Crippen LogP contribution < -0.4 is 10.6 Å². The Kier molecular flexibility index (Phi) is 3.22. The lowest BCUT2D eigenvalue weighted by Gasteiger charge is -2.63. The van der Waals surface area contributed by atoms with Gasteiger partial charge in [-0.3, -0.25) is 4.99 Å². The normalized spacial score (nSPS) is 36.8. The number of fused-ring (bicyclic) bond motifs is 2. The quantitative estimate of drug-likeness (QED) is 0.590. The summed E-state index contributed by atoms with van der Waals surface area (Å²) < 4.78 is 5.94. The summed E-state index contributed by atoms with van der Waals surface area (Å²) in [5, 5.41) is 7.02. The molecule has 3 fully saturated rings. The third kappa shape index (κ3) is 1.65. The first-order chi connectivity index (χ1) is 8.81. The molecule has 4 nitrogen and oxygen atoms in total. The minimum Gasteiger partial charge on any atom is -0.377 e. The van der Waals surface area contributed by atoms with Crippen molar-refractivity contribution < 1.29 is 4.74 Å². The van der Waals surface area contributed by atoms with Crippen molar-refractivity contribution in [3.63, 3.8) is 0 Å². The number of hydrogen-bond donors (Lipinski definition) is 2. The number of aliphatic imine (C=N–C) groups is 1. The molecule has 3 rings (SSSR count). The van der Waals surface area contributed by atoms with Crippen LogP contribution in [0.25, 0.3) is 0 Å². The van der Waals surface area contributed by atoms with Crippen LogP contribution >= 0.6 is 0 Å². The van der Waals surface area contributed by atoms with Crippen molar-refractivity contribution in [1.82, 2.24) is 10.6 Å². The van der Waals surface area contributed by atoms with Gasteiger partial charge in [0.2, 0.25) is 0 Å². The lowest BCUT2D eigenvalue weighted by atomic mass is 9.46. The van der Waals surface area contributed by atoms with Crippen molar-refractivity contribution in [3.8, 4) is 0 Å². The molecule has 0 aromatic carbocycles. The fourth-order valence-electron chi connectivity index (χ4n) is 4.08. The van der Waals surface area contributed by atoms with Gasteiger partial charge in [0.05, 0.1) is 6.10 Å². The first-order valence-corrected chi connectivity index (χ1v) is 7.48. The minimum atomic E-state index is 0.436. The molecule has 1 heterocycles. The Balaban J connectivity index is 1.69. The van der Waals surface area contributed by atoms with E-state index in [4.69, 9.17) is 4.74 Å². The highest BCUT2D eigenvalue weighted by atomic mass is 16.5. The largest absolute Gasteiger partial charge is 0.377 e. The van der Waals surface area contributed by atoms with Gasteiger partial charge in [0, 0.05) is 37.1 Å². The van der Waals surface area contributed by atoms with Crippen LogP contribution in [0.3, 0.4) is 0 Å². The fourth-order valence-corrected chi connectivity index (χ4v) is 4.08. The molecule has 0 radical (unpaired) electrons. The standard InChI is InChI=1S/C14H25N3O/c1-3-15-13(16-4-2)17-11-10-6-9-18-12(10)14(11)7-5-8-14/h10-12H,3-9H2,1-2H3,(H2,15,16,17). The molecule has 102 valence electrons. The third-order valence-electron chi connectivity index (χ3n) is 4.99. The highest BCUT2D eigenvalue weighted by Gasteiger charge is 2.66. The summed E-state index contributed by atoms with van der Waals surface area (Å²) in [4.78, 5) is 4.53. The van der Waals surface area contributed by atoms with Crippen LogP contribution in [-0.4, -0.2) is 37.8 Å². The molecule has 2 aliphatic carbocycles. The van der Waals surface area contributed by atoms with E-state index in [1.807, 2.05) is 0 Å². The van der Waals surface area contributed by atoms with E-state index >= 15 is 0 Å². The molecular formula is C14H25N3O. The molecule has 3 unspecified atom stereocenters. The van der Waals surface area contributed by atoms with E-state index in [1.54, 1.807) is 0 Å². The second-order valence-electron chi connectivity index (χ2n) is 5.81. The highest BCUT2D eigenvalue weighted by molar-refractivity contribution is 5.80. The Hall–Kier alpha value is -0.770. The zero-order valence-corrected chi connectivity index (χ0v) is 11.5. The summed E-state index contributed by atoms with van der Waals surface area (Å²) in [7, 11) is 0. The Bertz CT molecular complexity index is 338. The summed E-state index contributed by atoms with van der Waals surface area (Å²) in [6, 6.07) is 0.586. The Morgan fingerprint density at radius 3 is 2.83 bits per heavy atom. The van der Waals surface area contributed by atoms with Crippen LogP contribution in [0.4, 0.5) is 0 Å². The first-order valence-electron chi connectivity index (χ1n) is 7.48. The molecule has 0 bridgehead atoms. The van der Waals surface area contributed by atoms with Gasteiger partial charge in [-0.25, -0.2) is 0 Å². The summed E-state index contributed by atoms with van der Waals surface area (Å²) in [5.41, 5.74) is 0.436. The molecule has 3 aliphatic rings. The van der Waals surface area contributed by atoms with Crippen molar-refractivity contribution in [2.45, 2.75) is 51.7 Å². The average Bonchev–Trinajstić information content (AvgIpc) is 2.69. The van der Waals surface area contributed by atoms with E-state index in [1.165, 1.54) is 25.7 Å². The molecule has 3 atom stereocenters. The zero-order chi connectivity index (χ0) is 12.6. The van der Waals surface area contributed by atoms with Crippen molar-refractivity contribution in [2.75, 3.05) is 19.7 Å². The van der Waals surface area contributed by atoms with Crippen LogP contribution in [-0.2, 0) is 4.74 Å². The molecule has 2 N–H and O–H groups in total. The van der Waals surface area contributed by atoms with Gasteiger partial charge >= 0.3 is 0 Å². The summed E-state index contributed by atoms with van der Waals surface area (Å²) in [6.45, 7) is 6.92. The van der Waals surface area contributed by atoms with E-state index in [0.29, 0.717) is 23.5 Å². The monoisotopic (exact) mass is 251 g/mol. The highest BCUT2D eigenvalue weighted by Crippen LogP contribution is 2.62. The van der Waals surface area contributed by atoms with Gasteiger partial charge in [0.1, 0.15) is 0 Å². The van der Waals surface area contributed by atoms with Crippen molar-refractivity contribution >= 4 is 5.96 Å². The lowest BCUT2D eigenvalue weighted by Crippen LogP contribution is -2.72. The van der Waals surface area contributed by atoms with Gasteiger partial charge in [-0.15, -0.1) is 0 Å². The average molecular weight is 251 g/mol. The fraction of sp³-hybridized carbons (Fsp3) is 0.929. The molecule has 0 aromatic heterocycles. The first kappa shape index (κ1) is 12.3. The molecule has 1 aliphatic heterocycles.